The van der Waals surface area contributed by atoms with E-state index in [1.165, 1.54) is 12.1 Å². The summed E-state index contributed by atoms with van der Waals surface area (Å²) >= 11 is 0. The second-order valence-corrected chi connectivity index (χ2v) is 9.41. The SMILES string of the molecule is CCOC(=O)CCN(CC1CC1)C(=O)CCNS(=O)(=O)c1ccc2c(c1)OCCCO2. The molecule has 1 aromatic rings. The van der Waals surface area contributed by atoms with Crippen LogP contribution in [0.25, 0.3) is 0 Å². The molecule has 0 aromatic heterocycles. The molecule has 1 aliphatic carbocycles. The van der Waals surface area contributed by atoms with Crippen molar-refractivity contribution < 1.29 is 32.2 Å². The van der Waals surface area contributed by atoms with Crippen molar-refractivity contribution in [3.8, 4) is 11.5 Å². The third-order valence-electron chi connectivity index (χ3n) is 5.08. The Labute approximate surface area is 183 Å². The molecule has 1 N–H and O–H groups in total. The summed E-state index contributed by atoms with van der Waals surface area (Å²) in [5.74, 6) is 0.850. The molecular weight excluding hydrogens is 424 g/mol. The van der Waals surface area contributed by atoms with Crippen molar-refractivity contribution in [3.63, 3.8) is 0 Å². The van der Waals surface area contributed by atoms with Gasteiger partial charge in [0.05, 0.1) is 31.1 Å². The number of benzene rings is 1. The molecule has 1 amide bonds. The molecule has 1 saturated carbocycles. The van der Waals surface area contributed by atoms with Gasteiger partial charge in [0.25, 0.3) is 0 Å². The number of nitrogens with zero attached hydrogens (tertiary/aromatic N) is 1. The Bertz CT molecular complexity index is 884. The summed E-state index contributed by atoms with van der Waals surface area (Å²) in [5.41, 5.74) is 0. The van der Waals surface area contributed by atoms with Crippen LogP contribution in [-0.2, 0) is 24.3 Å². The van der Waals surface area contributed by atoms with Gasteiger partial charge in [-0.05, 0) is 37.8 Å². The summed E-state index contributed by atoms with van der Waals surface area (Å²) in [7, 11) is -3.80. The lowest BCUT2D eigenvalue weighted by Gasteiger charge is -2.22. The topological polar surface area (TPSA) is 111 Å². The Morgan fingerprint density at radius 1 is 1.16 bits per heavy atom. The van der Waals surface area contributed by atoms with Crippen molar-refractivity contribution in [1.29, 1.82) is 0 Å². The monoisotopic (exact) mass is 454 g/mol. The summed E-state index contributed by atoms with van der Waals surface area (Å²) < 4.78 is 43.7. The molecule has 0 spiro atoms. The van der Waals surface area contributed by atoms with E-state index in [-0.39, 0.29) is 42.7 Å². The first-order chi connectivity index (χ1) is 14.9. The average Bonchev–Trinajstić information content (AvgIpc) is 3.57. The van der Waals surface area contributed by atoms with E-state index < -0.39 is 10.0 Å². The number of nitrogens with one attached hydrogen (secondary N) is 1. The zero-order valence-electron chi connectivity index (χ0n) is 17.8. The fraction of sp³-hybridized carbons (Fsp3) is 0.619. The first-order valence-corrected chi connectivity index (χ1v) is 12.2. The van der Waals surface area contributed by atoms with Crippen molar-refractivity contribution in [2.45, 2.75) is 43.9 Å². The van der Waals surface area contributed by atoms with E-state index in [0.717, 1.165) is 19.3 Å². The van der Waals surface area contributed by atoms with Crippen LogP contribution in [0.4, 0.5) is 0 Å². The van der Waals surface area contributed by atoms with E-state index in [9.17, 15) is 18.0 Å². The molecule has 0 bridgehead atoms. The molecule has 0 saturated heterocycles. The molecule has 1 fully saturated rings. The summed E-state index contributed by atoms with van der Waals surface area (Å²) in [6, 6.07) is 4.47. The van der Waals surface area contributed by atoms with Gasteiger partial charge in [0.2, 0.25) is 15.9 Å². The van der Waals surface area contributed by atoms with Gasteiger partial charge in [0.1, 0.15) is 0 Å². The Balaban J connectivity index is 1.53. The van der Waals surface area contributed by atoms with Crippen molar-refractivity contribution >= 4 is 21.9 Å². The number of sulfonamides is 1. The molecule has 1 aliphatic heterocycles. The maximum atomic E-state index is 12.6. The van der Waals surface area contributed by atoms with Gasteiger partial charge in [0, 0.05) is 38.5 Å². The van der Waals surface area contributed by atoms with Crippen LogP contribution < -0.4 is 14.2 Å². The number of ether oxygens (including phenoxy) is 3. The number of fused-ring (bicyclic) bond motifs is 1. The van der Waals surface area contributed by atoms with Gasteiger partial charge in [-0.25, -0.2) is 13.1 Å². The summed E-state index contributed by atoms with van der Waals surface area (Å²) in [6.07, 6.45) is 3.01. The number of hydrogen-bond acceptors (Lipinski definition) is 7. The van der Waals surface area contributed by atoms with Crippen LogP contribution in [0.15, 0.2) is 23.1 Å². The lowest BCUT2D eigenvalue weighted by molar-refractivity contribution is -0.144. The predicted molar refractivity (Wildman–Crippen MR) is 112 cm³/mol. The quantitative estimate of drug-likeness (QED) is 0.507. The molecular formula is C21H30N2O7S. The molecule has 31 heavy (non-hydrogen) atoms. The molecule has 172 valence electrons. The van der Waals surface area contributed by atoms with Crippen LogP contribution >= 0.6 is 0 Å². The molecule has 1 aromatic carbocycles. The van der Waals surface area contributed by atoms with Gasteiger partial charge in [-0.2, -0.15) is 0 Å². The fourth-order valence-corrected chi connectivity index (χ4v) is 4.28. The molecule has 1 heterocycles. The maximum absolute atomic E-state index is 12.6. The third-order valence-corrected chi connectivity index (χ3v) is 6.54. The van der Waals surface area contributed by atoms with Gasteiger partial charge >= 0.3 is 5.97 Å². The zero-order chi connectivity index (χ0) is 22.3. The normalized spacial score (nSPS) is 15.8. The lowest BCUT2D eigenvalue weighted by atomic mass is 10.2. The lowest BCUT2D eigenvalue weighted by Crippen LogP contribution is -2.37. The minimum atomic E-state index is -3.80. The Kier molecular flexibility index (Phi) is 8.14. The highest BCUT2D eigenvalue weighted by atomic mass is 32.2. The summed E-state index contributed by atoms with van der Waals surface area (Å²) in [5, 5.41) is 0. The van der Waals surface area contributed by atoms with E-state index in [1.54, 1.807) is 17.9 Å². The van der Waals surface area contributed by atoms with Gasteiger partial charge in [-0.15, -0.1) is 0 Å². The maximum Gasteiger partial charge on any atom is 0.307 e. The number of esters is 1. The van der Waals surface area contributed by atoms with Crippen LogP contribution in [-0.4, -0.2) is 64.6 Å². The van der Waals surface area contributed by atoms with Crippen molar-refractivity contribution in [2.24, 2.45) is 5.92 Å². The summed E-state index contributed by atoms with van der Waals surface area (Å²) in [4.78, 5) is 26.0. The first kappa shape index (κ1) is 23.3. The second kappa shape index (κ2) is 10.8. The Morgan fingerprint density at radius 3 is 2.61 bits per heavy atom. The highest BCUT2D eigenvalue weighted by Gasteiger charge is 2.27. The third kappa shape index (κ3) is 7.10. The van der Waals surface area contributed by atoms with Gasteiger partial charge in [0.15, 0.2) is 11.5 Å². The number of carbonyl (C=O) groups is 2. The van der Waals surface area contributed by atoms with Crippen molar-refractivity contribution in [2.75, 3.05) is 39.5 Å². The van der Waals surface area contributed by atoms with E-state index in [1.807, 2.05) is 0 Å². The van der Waals surface area contributed by atoms with Crippen molar-refractivity contribution in [3.05, 3.63) is 18.2 Å². The standard InChI is InChI=1S/C21H30N2O7S/c1-2-28-21(25)9-11-23(15-16-4-5-16)20(24)8-10-22-31(26,27)17-6-7-18-19(14-17)30-13-3-12-29-18/h6-7,14,16,22H,2-5,8-13,15H2,1H3. The number of amides is 1. The van der Waals surface area contributed by atoms with E-state index >= 15 is 0 Å². The van der Waals surface area contributed by atoms with Gasteiger partial charge in [-0.3, -0.25) is 9.59 Å². The molecule has 0 unspecified atom stereocenters. The molecule has 2 aliphatic rings. The number of carbonyl (C=O) groups excluding carboxylic acids is 2. The predicted octanol–water partition coefficient (Wildman–Crippen LogP) is 1.71. The largest absolute Gasteiger partial charge is 0.490 e. The van der Waals surface area contributed by atoms with Crippen LogP contribution in [0, 0.1) is 5.92 Å². The summed E-state index contributed by atoms with van der Waals surface area (Å²) in [6.45, 7) is 3.86. The second-order valence-electron chi connectivity index (χ2n) is 7.64. The van der Waals surface area contributed by atoms with Crippen molar-refractivity contribution in [1.82, 2.24) is 9.62 Å². The number of rotatable bonds is 11. The molecule has 10 heteroatoms. The van der Waals surface area contributed by atoms with Crippen LogP contribution in [0.5, 0.6) is 11.5 Å². The van der Waals surface area contributed by atoms with E-state index in [0.29, 0.717) is 43.8 Å². The zero-order valence-corrected chi connectivity index (χ0v) is 18.6. The molecule has 3 rings (SSSR count). The molecule has 0 radical (unpaired) electrons. The molecule has 0 atom stereocenters. The Hall–Kier alpha value is -2.33. The van der Waals surface area contributed by atoms with Crippen LogP contribution in [0.1, 0.15) is 39.0 Å². The molecule has 9 nitrogen and oxygen atoms in total. The highest BCUT2D eigenvalue weighted by molar-refractivity contribution is 7.89. The highest BCUT2D eigenvalue weighted by Crippen LogP contribution is 2.32. The van der Waals surface area contributed by atoms with Gasteiger partial charge < -0.3 is 19.1 Å². The Morgan fingerprint density at radius 2 is 1.90 bits per heavy atom. The minimum Gasteiger partial charge on any atom is -0.490 e. The first-order valence-electron chi connectivity index (χ1n) is 10.7. The van der Waals surface area contributed by atoms with E-state index in [4.69, 9.17) is 14.2 Å². The number of hydrogen-bond donors (Lipinski definition) is 1. The van der Waals surface area contributed by atoms with Crippen LogP contribution in [0.3, 0.4) is 0 Å². The fourth-order valence-electron chi connectivity index (χ4n) is 3.23. The van der Waals surface area contributed by atoms with Gasteiger partial charge in [-0.1, -0.05) is 0 Å². The smallest absolute Gasteiger partial charge is 0.307 e. The van der Waals surface area contributed by atoms with E-state index in [2.05, 4.69) is 4.72 Å². The minimum absolute atomic E-state index is 0.0132. The average molecular weight is 455 g/mol. The van der Waals surface area contributed by atoms with Crippen LogP contribution in [0.2, 0.25) is 0 Å².